The van der Waals surface area contributed by atoms with Gasteiger partial charge in [0.15, 0.2) is 5.11 Å². The molecule has 0 fully saturated rings. The number of hydrogen-bond donors (Lipinski definition) is 2. The number of rotatable bonds is 4. The molecular formula is C13H13ClN4OS. The van der Waals surface area contributed by atoms with Crippen LogP contribution >= 0.6 is 23.8 Å². The summed E-state index contributed by atoms with van der Waals surface area (Å²) < 4.78 is 5.01. The first-order valence-electron chi connectivity index (χ1n) is 5.82. The summed E-state index contributed by atoms with van der Waals surface area (Å²) >= 11 is 11.0. The lowest BCUT2D eigenvalue weighted by Crippen LogP contribution is -2.28. The van der Waals surface area contributed by atoms with E-state index in [1.807, 2.05) is 24.3 Å². The Balaban J connectivity index is 1.87. The molecule has 2 N–H and O–H groups in total. The number of thiocarbonyl (C=S) groups is 1. The van der Waals surface area contributed by atoms with Gasteiger partial charge in [-0.1, -0.05) is 23.7 Å². The summed E-state index contributed by atoms with van der Waals surface area (Å²) in [6.45, 7) is 0.602. The van der Waals surface area contributed by atoms with Crippen LogP contribution in [0.1, 0.15) is 5.56 Å². The topological polar surface area (TPSA) is 59.1 Å². The smallest absolute Gasteiger partial charge is 0.218 e. The van der Waals surface area contributed by atoms with Crippen LogP contribution in [0.5, 0.6) is 5.88 Å². The van der Waals surface area contributed by atoms with Crippen molar-refractivity contribution in [3.63, 3.8) is 0 Å². The Labute approximate surface area is 127 Å². The molecule has 5 nitrogen and oxygen atoms in total. The van der Waals surface area contributed by atoms with Crippen LogP contribution in [0.4, 0.5) is 5.82 Å². The van der Waals surface area contributed by atoms with Gasteiger partial charge < -0.3 is 15.4 Å². The second-order valence-corrected chi connectivity index (χ2v) is 4.72. The highest BCUT2D eigenvalue weighted by atomic mass is 35.5. The highest BCUT2D eigenvalue weighted by molar-refractivity contribution is 7.80. The standard InChI is InChI=1S/C13H13ClN4OS/c1-19-12-6-11(16-8-17-12)18-13(20)15-7-9-2-4-10(14)5-3-9/h2-6,8H,7H2,1H3,(H2,15,16,17,18,20). The van der Waals surface area contributed by atoms with Crippen molar-refractivity contribution < 1.29 is 4.74 Å². The van der Waals surface area contributed by atoms with Gasteiger partial charge in [-0.2, -0.15) is 0 Å². The van der Waals surface area contributed by atoms with Crippen LogP contribution in [0.2, 0.25) is 5.02 Å². The normalized spacial score (nSPS) is 9.90. The van der Waals surface area contributed by atoms with Gasteiger partial charge in [-0.05, 0) is 29.9 Å². The van der Waals surface area contributed by atoms with E-state index in [1.165, 1.54) is 6.33 Å². The molecule has 0 aliphatic carbocycles. The fourth-order valence-corrected chi connectivity index (χ4v) is 1.77. The quantitative estimate of drug-likeness (QED) is 0.847. The van der Waals surface area contributed by atoms with E-state index in [0.717, 1.165) is 5.56 Å². The molecule has 0 radical (unpaired) electrons. The lowest BCUT2D eigenvalue weighted by molar-refractivity contribution is 0.397. The molecule has 1 aromatic heterocycles. The van der Waals surface area contributed by atoms with Gasteiger partial charge in [-0.25, -0.2) is 9.97 Å². The predicted octanol–water partition coefficient (Wildman–Crippen LogP) is 2.63. The van der Waals surface area contributed by atoms with E-state index in [4.69, 9.17) is 28.6 Å². The third-order valence-electron chi connectivity index (χ3n) is 2.46. The van der Waals surface area contributed by atoms with Crippen LogP contribution in [0.15, 0.2) is 36.7 Å². The molecule has 2 rings (SSSR count). The van der Waals surface area contributed by atoms with E-state index in [0.29, 0.717) is 28.4 Å². The van der Waals surface area contributed by atoms with Crippen molar-refractivity contribution in [3.8, 4) is 5.88 Å². The van der Waals surface area contributed by atoms with Crippen molar-refractivity contribution in [2.45, 2.75) is 6.54 Å². The first kappa shape index (κ1) is 14.5. The first-order valence-corrected chi connectivity index (χ1v) is 6.61. The number of nitrogens with one attached hydrogen (secondary N) is 2. The van der Waals surface area contributed by atoms with E-state index < -0.39 is 0 Å². The number of benzene rings is 1. The summed E-state index contributed by atoms with van der Waals surface area (Å²) in [7, 11) is 1.54. The molecule has 0 unspecified atom stereocenters. The van der Waals surface area contributed by atoms with E-state index in [9.17, 15) is 0 Å². The molecule has 0 spiro atoms. The zero-order valence-corrected chi connectivity index (χ0v) is 12.3. The first-order chi connectivity index (χ1) is 9.67. The molecule has 20 heavy (non-hydrogen) atoms. The van der Waals surface area contributed by atoms with Gasteiger partial charge >= 0.3 is 0 Å². The molecule has 104 valence electrons. The molecular weight excluding hydrogens is 296 g/mol. The largest absolute Gasteiger partial charge is 0.481 e. The van der Waals surface area contributed by atoms with Crippen molar-refractivity contribution in [3.05, 3.63) is 47.2 Å². The van der Waals surface area contributed by atoms with Crippen LogP contribution in [-0.4, -0.2) is 22.2 Å². The molecule has 0 amide bonds. The highest BCUT2D eigenvalue weighted by Crippen LogP contribution is 2.11. The zero-order chi connectivity index (χ0) is 14.4. The van der Waals surface area contributed by atoms with Gasteiger partial charge in [0.25, 0.3) is 0 Å². The Hall–Kier alpha value is -1.92. The third kappa shape index (κ3) is 4.32. The van der Waals surface area contributed by atoms with Crippen LogP contribution in [0.3, 0.4) is 0 Å². The monoisotopic (exact) mass is 308 g/mol. The summed E-state index contributed by atoms with van der Waals surface area (Å²) in [6, 6.07) is 9.21. The summed E-state index contributed by atoms with van der Waals surface area (Å²) in [5.74, 6) is 1.05. The summed E-state index contributed by atoms with van der Waals surface area (Å²) in [6.07, 6.45) is 1.41. The average Bonchev–Trinajstić information content (AvgIpc) is 2.47. The SMILES string of the molecule is COc1cc(NC(=S)NCc2ccc(Cl)cc2)ncn1. The Morgan fingerprint density at radius 2 is 2.05 bits per heavy atom. The lowest BCUT2D eigenvalue weighted by Gasteiger charge is -2.10. The van der Waals surface area contributed by atoms with Gasteiger partial charge in [-0.15, -0.1) is 0 Å². The number of methoxy groups -OCH3 is 1. The van der Waals surface area contributed by atoms with E-state index in [2.05, 4.69) is 20.6 Å². The van der Waals surface area contributed by atoms with Crippen molar-refractivity contribution in [2.24, 2.45) is 0 Å². The lowest BCUT2D eigenvalue weighted by atomic mass is 10.2. The van der Waals surface area contributed by atoms with Gasteiger partial charge in [0.2, 0.25) is 5.88 Å². The minimum Gasteiger partial charge on any atom is -0.481 e. The number of ether oxygens (including phenoxy) is 1. The third-order valence-corrected chi connectivity index (χ3v) is 2.96. The molecule has 2 aromatic rings. The zero-order valence-electron chi connectivity index (χ0n) is 10.8. The van der Waals surface area contributed by atoms with Crippen LogP contribution < -0.4 is 15.4 Å². The van der Waals surface area contributed by atoms with Crippen LogP contribution in [0, 0.1) is 0 Å². The molecule has 0 saturated heterocycles. The summed E-state index contributed by atoms with van der Waals surface area (Å²) in [5.41, 5.74) is 1.08. The fraction of sp³-hybridized carbons (Fsp3) is 0.154. The molecule has 0 aliphatic heterocycles. The minimum absolute atomic E-state index is 0.473. The maximum Gasteiger partial charge on any atom is 0.218 e. The van der Waals surface area contributed by atoms with Gasteiger partial charge in [0.05, 0.1) is 7.11 Å². The Kier molecular flexibility index (Phi) is 5.09. The van der Waals surface area contributed by atoms with Gasteiger partial charge in [0, 0.05) is 17.6 Å². The Bertz CT molecular complexity index is 591. The minimum atomic E-state index is 0.473. The van der Waals surface area contributed by atoms with Gasteiger partial charge in [-0.3, -0.25) is 0 Å². The van der Waals surface area contributed by atoms with E-state index in [1.54, 1.807) is 13.2 Å². The molecule has 0 atom stereocenters. The predicted molar refractivity (Wildman–Crippen MR) is 83.1 cm³/mol. The molecule has 7 heteroatoms. The molecule has 1 aromatic carbocycles. The molecule has 0 bridgehead atoms. The van der Waals surface area contributed by atoms with Crippen molar-refractivity contribution in [2.75, 3.05) is 12.4 Å². The van der Waals surface area contributed by atoms with Crippen molar-refractivity contribution in [1.29, 1.82) is 0 Å². The summed E-state index contributed by atoms with van der Waals surface area (Å²) in [4.78, 5) is 7.96. The number of anilines is 1. The molecule has 0 saturated carbocycles. The Morgan fingerprint density at radius 3 is 2.75 bits per heavy atom. The maximum absolute atomic E-state index is 5.83. The second-order valence-electron chi connectivity index (χ2n) is 3.88. The number of halogens is 1. The molecule has 1 heterocycles. The summed E-state index contributed by atoms with van der Waals surface area (Å²) in [5, 5.41) is 7.23. The number of hydrogen-bond acceptors (Lipinski definition) is 4. The number of nitrogens with zero attached hydrogens (tertiary/aromatic N) is 2. The van der Waals surface area contributed by atoms with Gasteiger partial charge in [0.1, 0.15) is 12.1 Å². The van der Waals surface area contributed by atoms with E-state index >= 15 is 0 Å². The number of aromatic nitrogens is 2. The van der Waals surface area contributed by atoms with E-state index in [-0.39, 0.29) is 0 Å². The van der Waals surface area contributed by atoms with Crippen molar-refractivity contribution >= 4 is 34.7 Å². The van der Waals surface area contributed by atoms with Crippen LogP contribution in [-0.2, 0) is 6.54 Å². The second kappa shape index (κ2) is 7.02. The highest BCUT2D eigenvalue weighted by Gasteiger charge is 2.01. The maximum atomic E-state index is 5.83. The Morgan fingerprint density at radius 1 is 1.30 bits per heavy atom. The average molecular weight is 309 g/mol. The molecule has 0 aliphatic rings. The fourth-order valence-electron chi connectivity index (χ4n) is 1.46. The van der Waals surface area contributed by atoms with Crippen molar-refractivity contribution in [1.82, 2.24) is 15.3 Å². The van der Waals surface area contributed by atoms with Crippen LogP contribution in [0.25, 0.3) is 0 Å².